The van der Waals surface area contributed by atoms with E-state index in [4.69, 9.17) is 18.9 Å². The first-order valence-electron chi connectivity index (χ1n) is 14.4. The summed E-state index contributed by atoms with van der Waals surface area (Å²) < 4.78 is 50.3. The van der Waals surface area contributed by atoms with Crippen molar-refractivity contribution in [2.24, 2.45) is 0 Å². The first kappa shape index (κ1) is 32.3. The van der Waals surface area contributed by atoms with Crippen LogP contribution in [0.4, 0.5) is 5.69 Å². The van der Waals surface area contributed by atoms with Crippen LogP contribution in [0.15, 0.2) is 90.0 Å². The molecule has 0 atom stereocenters. The van der Waals surface area contributed by atoms with Crippen molar-refractivity contribution in [1.29, 1.82) is 0 Å². The Balaban J connectivity index is 1.10. The largest absolute Gasteiger partial charge is 0.493 e. The van der Waals surface area contributed by atoms with Gasteiger partial charge in [0.15, 0.2) is 11.5 Å². The first-order chi connectivity index (χ1) is 22.2. The van der Waals surface area contributed by atoms with Crippen LogP contribution in [0.1, 0.15) is 28.8 Å². The second-order valence-electron chi connectivity index (χ2n) is 10.4. The summed E-state index contributed by atoms with van der Waals surface area (Å²) in [6.07, 6.45) is 2.45. The van der Waals surface area contributed by atoms with E-state index in [9.17, 15) is 23.1 Å². The lowest BCUT2D eigenvalue weighted by Gasteiger charge is -2.31. The number of ether oxygens (including phenoxy) is 4. The van der Waals surface area contributed by atoms with E-state index in [0.29, 0.717) is 60.4 Å². The van der Waals surface area contributed by atoms with Crippen LogP contribution in [-0.2, 0) is 21.2 Å². The Morgan fingerprint density at radius 2 is 1.61 bits per heavy atom. The number of pyridine rings is 1. The number of para-hydroxylation sites is 1. The summed E-state index contributed by atoms with van der Waals surface area (Å²) in [4.78, 5) is 28.2. The molecule has 1 saturated heterocycles. The normalized spacial score (nSPS) is 13.9. The third-order valence-electron chi connectivity index (χ3n) is 7.34. The van der Waals surface area contributed by atoms with Gasteiger partial charge in [-0.3, -0.25) is 4.79 Å². The number of carboxylic acid groups (broad SMARTS) is 1. The van der Waals surface area contributed by atoms with Gasteiger partial charge in [-0.05, 0) is 66.9 Å². The minimum Gasteiger partial charge on any atom is -0.493 e. The molecule has 46 heavy (non-hydrogen) atoms. The molecule has 1 aliphatic rings. The number of aromatic carboxylic acids is 1. The number of carbonyl (C=O) groups is 2. The molecule has 5 rings (SSSR count). The van der Waals surface area contributed by atoms with Crippen LogP contribution >= 0.6 is 0 Å². The van der Waals surface area contributed by atoms with Crippen LogP contribution in [0, 0.1) is 0 Å². The van der Waals surface area contributed by atoms with Gasteiger partial charge in [0.05, 0.1) is 36.8 Å². The zero-order chi connectivity index (χ0) is 32.7. The second kappa shape index (κ2) is 14.3. The lowest BCUT2D eigenvalue weighted by Crippen LogP contribution is -2.41. The summed E-state index contributed by atoms with van der Waals surface area (Å²) in [6.45, 7) is 0.642. The molecule has 0 saturated carbocycles. The van der Waals surface area contributed by atoms with Gasteiger partial charge in [-0.2, -0.15) is 4.31 Å². The summed E-state index contributed by atoms with van der Waals surface area (Å²) in [5, 5.41) is 11.9. The van der Waals surface area contributed by atoms with Gasteiger partial charge < -0.3 is 29.4 Å². The van der Waals surface area contributed by atoms with E-state index in [-0.39, 0.29) is 34.6 Å². The molecule has 1 amide bonds. The van der Waals surface area contributed by atoms with Gasteiger partial charge in [0.25, 0.3) is 0 Å². The molecule has 4 aromatic rings. The number of hydrogen-bond donors (Lipinski definition) is 2. The summed E-state index contributed by atoms with van der Waals surface area (Å²) in [7, 11) is -0.741. The Bertz CT molecular complexity index is 1790. The van der Waals surface area contributed by atoms with Crippen molar-refractivity contribution in [3.8, 4) is 28.9 Å². The summed E-state index contributed by atoms with van der Waals surface area (Å²) in [6, 6.07) is 21.1. The van der Waals surface area contributed by atoms with E-state index < -0.39 is 16.0 Å². The first-order valence-corrected chi connectivity index (χ1v) is 15.8. The summed E-state index contributed by atoms with van der Waals surface area (Å²) >= 11 is 0. The number of carbonyl (C=O) groups excluding carboxylic acids is 1. The van der Waals surface area contributed by atoms with E-state index in [2.05, 4.69) is 10.3 Å². The fourth-order valence-corrected chi connectivity index (χ4v) is 6.44. The van der Waals surface area contributed by atoms with Gasteiger partial charge in [0, 0.05) is 31.4 Å². The van der Waals surface area contributed by atoms with Crippen molar-refractivity contribution in [3.63, 3.8) is 0 Å². The number of anilines is 1. The number of methoxy groups -OCH3 is 2. The molecule has 0 bridgehead atoms. The van der Waals surface area contributed by atoms with Crippen LogP contribution in [-0.4, -0.2) is 68.1 Å². The molecule has 1 fully saturated rings. The molecule has 3 aromatic carbocycles. The Morgan fingerprint density at radius 1 is 0.913 bits per heavy atom. The number of sulfonamides is 1. The van der Waals surface area contributed by atoms with E-state index in [0.717, 1.165) is 0 Å². The standard InChI is InChI=1S/C33H33N3O9S/c1-42-29-13-12-26(20-30(29)43-2)46(40,41)36-17-15-25(16-18-36)44-23-8-10-24(11-9-23)45-32-14-7-22(21-34-32)19-31(37)35-28-6-4-3-5-27(28)33(38)39/h3-14,20-21,25H,15-19H2,1-2H3,(H,35,37)(H,38,39). The Labute approximate surface area is 266 Å². The number of hydrogen-bond acceptors (Lipinski definition) is 9. The Hall–Kier alpha value is -5.14. The second-order valence-corrected chi connectivity index (χ2v) is 12.3. The van der Waals surface area contributed by atoms with Gasteiger partial charge in [-0.1, -0.05) is 18.2 Å². The third-order valence-corrected chi connectivity index (χ3v) is 9.23. The number of carboxylic acids is 1. The predicted molar refractivity (Wildman–Crippen MR) is 168 cm³/mol. The maximum atomic E-state index is 13.2. The molecule has 0 unspecified atom stereocenters. The number of piperidine rings is 1. The molecule has 1 aliphatic heterocycles. The maximum absolute atomic E-state index is 13.2. The topological polar surface area (TPSA) is 154 Å². The SMILES string of the molecule is COc1ccc(S(=O)(=O)N2CCC(Oc3ccc(Oc4ccc(CC(=O)Nc5ccccc5C(=O)O)cn4)cc3)CC2)cc1OC. The third kappa shape index (κ3) is 7.73. The van der Waals surface area contributed by atoms with Gasteiger partial charge >= 0.3 is 5.97 Å². The number of aromatic nitrogens is 1. The Kier molecular flexibility index (Phi) is 10.0. The lowest BCUT2D eigenvalue weighted by atomic mass is 10.1. The zero-order valence-electron chi connectivity index (χ0n) is 25.2. The van der Waals surface area contributed by atoms with Crippen molar-refractivity contribution in [2.45, 2.75) is 30.3 Å². The number of nitrogens with zero attached hydrogens (tertiary/aromatic N) is 2. The van der Waals surface area contributed by atoms with Crippen molar-refractivity contribution < 1.29 is 42.1 Å². The monoisotopic (exact) mass is 647 g/mol. The molecule has 1 aromatic heterocycles. The summed E-state index contributed by atoms with van der Waals surface area (Å²) in [5.74, 6) is 0.811. The van der Waals surface area contributed by atoms with Crippen molar-refractivity contribution in [3.05, 3.63) is 96.2 Å². The van der Waals surface area contributed by atoms with Crippen LogP contribution < -0.4 is 24.3 Å². The van der Waals surface area contributed by atoms with Crippen molar-refractivity contribution >= 4 is 27.6 Å². The van der Waals surface area contributed by atoms with Crippen molar-refractivity contribution in [2.75, 3.05) is 32.6 Å². The molecular weight excluding hydrogens is 614 g/mol. The van der Waals surface area contributed by atoms with Crippen LogP contribution in [0.2, 0.25) is 0 Å². The molecule has 12 nitrogen and oxygen atoms in total. The molecule has 0 aliphatic carbocycles. The molecular formula is C33H33N3O9S. The van der Waals surface area contributed by atoms with Gasteiger partial charge in [-0.15, -0.1) is 0 Å². The molecule has 13 heteroatoms. The number of amides is 1. The fourth-order valence-electron chi connectivity index (χ4n) is 4.95. The highest BCUT2D eigenvalue weighted by Gasteiger charge is 2.31. The van der Waals surface area contributed by atoms with Crippen molar-refractivity contribution in [1.82, 2.24) is 9.29 Å². The van der Waals surface area contributed by atoms with E-state index >= 15 is 0 Å². The van der Waals surface area contributed by atoms with Crippen LogP contribution in [0.5, 0.6) is 28.9 Å². The summed E-state index contributed by atoms with van der Waals surface area (Å²) in [5.41, 5.74) is 0.867. The molecule has 0 spiro atoms. The maximum Gasteiger partial charge on any atom is 0.337 e. The highest BCUT2D eigenvalue weighted by atomic mass is 32.2. The zero-order valence-corrected chi connectivity index (χ0v) is 26.0. The number of nitrogens with one attached hydrogen (secondary N) is 1. The predicted octanol–water partition coefficient (Wildman–Crippen LogP) is 5.00. The number of rotatable bonds is 12. The van der Waals surface area contributed by atoms with Crippen LogP contribution in [0.3, 0.4) is 0 Å². The van der Waals surface area contributed by atoms with E-state index in [1.54, 1.807) is 54.6 Å². The Morgan fingerprint density at radius 3 is 2.26 bits per heavy atom. The van der Waals surface area contributed by atoms with E-state index in [1.807, 2.05) is 0 Å². The van der Waals surface area contributed by atoms with Gasteiger partial charge in [0.1, 0.15) is 17.6 Å². The lowest BCUT2D eigenvalue weighted by molar-refractivity contribution is -0.115. The smallest absolute Gasteiger partial charge is 0.337 e. The molecule has 2 heterocycles. The van der Waals surface area contributed by atoms with E-state index in [1.165, 1.54) is 49.0 Å². The average molecular weight is 648 g/mol. The molecule has 0 radical (unpaired) electrons. The van der Waals surface area contributed by atoms with Gasteiger partial charge in [0.2, 0.25) is 21.8 Å². The fraction of sp³-hybridized carbons (Fsp3) is 0.242. The molecule has 2 N–H and O–H groups in total. The number of benzene rings is 3. The highest BCUT2D eigenvalue weighted by Crippen LogP contribution is 2.32. The minimum absolute atomic E-state index is 0.00829. The quantitative estimate of drug-likeness (QED) is 0.215. The van der Waals surface area contributed by atoms with Crippen LogP contribution in [0.25, 0.3) is 0 Å². The average Bonchev–Trinajstić information content (AvgIpc) is 3.06. The van der Waals surface area contributed by atoms with Gasteiger partial charge in [-0.25, -0.2) is 18.2 Å². The highest BCUT2D eigenvalue weighted by molar-refractivity contribution is 7.89. The minimum atomic E-state index is -3.70. The molecule has 240 valence electrons.